The lowest BCUT2D eigenvalue weighted by atomic mass is 9.62. The Morgan fingerprint density at radius 2 is 1.84 bits per heavy atom. The molecule has 2 aliphatic rings. The minimum Gasteiger partial charge on any atom is -0.393 e. The molecule has 3 nitrogen and oxygen atoms in total. The van der Waals surface area contributed by atoms with Gasteiger partial charge in [-0.25, -0.2) is 8.42 Å². The Morgan fingerprint density at radius 1 is 1.20 bits per heavy atom. The van der Waals surface area contributed by atoms with E-state index in [2.05, 4.69) is 19.9 Å². The highest BCUT2D eigenvalue weighted by atomic mass is 32.2. The van der Waals surface area contributed by atoms with Crippen molar-refractivity contribution < 1.29 is 13.5 Å². The maximum Gasteiger partial charge on any atom is 0.161 e. The third kappa shape index (κ3) is 3.75. The average molecular weight is 369 g/mol. The molecule has 0 aromatic rings. The van der Waals surface area contributed by atoms with Crippen LogP contribution in [0, 0.1) is 11.3 Å². The van der Waals surface area contributed by atoms with E-state index in [4.69, 9.17) is 0 Å². The number of aliphatic hydroxyl groups is 1. The lowest BCUT2D eigenvalue weighted by Gasteiger charge is -2.53. The van der Waals surface area contributed by atoms with Crippen LogP contribution in [-0.2, 0) is 9.84 Å². The van der Waals surface area contributed by atoms with Gasteiger partial charge in [-0.3, -0.25) is 0 Å². The lowest BCUT2D eigenvalue weighted by molar-refractivity contribution is 0.158. The predicted molar refractivity (Wildman–Crippen MR) is 105 cm³/mol. The van der Waals surface area contributed by atoms with Crippen molar-refractivity contribution in [2.24, 2.45) is 11.3 Å². The fourth-order valence-corrected chi connectivity index (χ4v) is 8.45. The minimum atomic E-state index is -3.39. The van der Waals surface area contributed by atoms with E-state index < -0.39 is 26.1 Å². The zero-order chi connectivity index (χ0) is 18.7. The minimum absolute atomic E-state index is 0.0765. The highest BCUT2D eigenvalue weighted by Gasteiger charge is 2.59. The molecule has 1 saturated carbocycles. The van der Waals surface area contributed by atoms with Crippen LogP contribution < -0.4 is 0 Å². The summed E-state index contributed by atoms with van der Waals surface area (Å²) in [5, 5.41) is 10.1. The normalized spacial score (nSPS) is 28.6. The van der Waals surface area contributed by atoms with Crippen LogP contribution >= 0.6 is 0 Å². The van der Waals surface area contributed by atoms with Crippen molar-refractivity contribution >= 4 is 9.84 Å². The Kier molecular flexibility index (Phi) is 6.59. The monoisotopic (exact) mass is 368 g/mol. The summed E-state index contributed by atoms with van der Waals surface area (Å²) in [5.74, 6) is 0.249. The zero-order valence-electron chi connectivity index (χ0n) is 16.4. The van der Waals surface area contributed by atoms with Crippen molar-refractivity contribution in [2.45, 2.75) is 89.9 Å². The summed E-state index contributed by atoms with van der Waals surface area (Å²) in [6, 6.07) is 0. The van der Waals surface area contributed by atoms with E-state index in [9.17, 15) is 13.5 Å². The SMILES string of the molecule is CCC[C@H](O)CCS(=O)(=O)[C@@]1(C2CCCCC2)C(C)=CC=CC1(C)C. The fourth-order valence-electron chi connectivity index (χ4n) is 5.38. The molecule has 1 N–H and O–H groups in total. The number of sulfone groups is 1. The van der Waals surface area contributed by atoms with E-state index in [1.807, 2.05) is 26.0 Å². The van der Waals surface area contributed by atoms with E-state index in [1.165, 1.54) is 6.42 Å². The molecule has 0 aliphatic heterocycles. The summed E-state index contributed by atoms with van der Waals surface area (Å²) in [4.78, 5) is 0. The standard InChI is InChI=1S/C21H36O3S/c1-5-10-19(22)14-16-25(23,24)21(18-12-7-6-8-13-18)17(2)11-9-15-20(21,3)4/h9,11,15,18-19,22H,5-8,10,12-14,16H2,1-4H3/t19-,21+/m0/s1. The van der Waals surface area contributed by atoms with Crippen molar-refractivity contribution in [2.75, 3.05) is 5.75 Å². The summed E-state index contributed by atoms with van der Waals surface area (Å²) in [6.07, 6.45) is 12.9. The molecular weight excluding hydrogens is 332 g/mol. The summed E-state index contributed by atoms with van der Waals surface area (Å²) in [7, 11) is -3.39. The van der Waals surface area contributed by atoms with Gasteiger partial charge in [0.1, 0.15) is 4.75 Å². The van der Waals surface area contributed by atoms with E-state index in [-0.39, 0.29) is 11.7 Å². The van der Waals surface area contributed by atoms with Crippen LogP contribution in [0.4, 0.5) is 0 Å². The lowest BCUT2D eigenvalue weighted by Crippen LogP contribution is -2.58. The van der Waals surface area contributed by atoms with Gasteiger partial charge < -0.3 is 5.11 Å². The van der Waals surface area contributed by atoms with Crippen LogP contribution in [0.25, 0.3) is 0 Å². The number of aliphatic hydroxyl groups excluding tert-OH is 1. The van der Waals surface area contributed by atoms with Crippen molar-refractivity contribution in [1.29, 1.82) is 0 Å². The topological polar surface area (TPSA) is 54.4 Å². The van der Waals surface area contributed by atoms with Gasteiger partial charge in [0.25, 0.3) is 0 Å². The molecule has 0 heterocycles. The Labute approximate surface area is 154 Å². The first-order valence-electron chi connectivity index (χ1n) is 9.96. The molecule has 0 saturated heterocycles. The summed E-state index contributed by atoms with van der Waals surface area (Å²) in [5.41, 5.74) is 0.555. The first-order valence-corrected chi connectivity index (χ1v) is 11.6. The molecule has 2 aliphatic carbocycles. The Hall–Kier alpha value is -0.610. The quantitative estimate of drug-likeness (QED) is 0.701. The van der Waals surface area contributed by atoms with Gasteiger partial charge in [-0.2, -0.15) is 0 Å². The Morgan fingerprint density at radius 3 is 2.40 bits per heavy atom. The molecule has 0 unspecified atom stereocenters. The van der Waals surface area contributed by atoms with Crippen molar-refractivity contribution in [3.05, 3.63) is 23.8 Å². The Bertz CT molecular complexity index is 609. The third-order valence-electron chi connectivity index (χ3n) is 6.41. The predicted octanol–water partition coefficient (Wildman–Crippen LogP) is 4.81. The highest BCUT2D eigenvalue weighted by Crippen LogP contribution is 2.55. The van der Waals surface area contributed by atoms with E-state index >= 15 is 0 Å². The van der Waals surface area contributed by atoms with Gasteiger partial charge in [-0.1, -0.05) is 70.3 Å². The third-order valence-corrected chi connectivity index (χ3v) is 9.35. The van der Waals surface area contributed by atoms with Gasteiger partial charge >= 0.3 is 0 Å². The molecule has 1 fully saturated rings. The van der Waals surface area contributed by atoms with Crippen LogP contribution in [-0.4, -0.2) is 30.1 Å². The van der Waals surface area contributed by atoms with Gasteiger partial charge in [-0.05, 0) is 38.5 Å². The molecule has 0 spiro atoms. The molecule has 144 valence electrons. The second kappa shape index (κ2) is 7.96. The molecule has 0 radical (unpaired) electrons. The van der Waals surface area contributed by atoms with Crippen LogP contribution in [0.2, 0.25) is 0 Å². The molecule has 25 heavy (non-hydrogen) atoms. The molecule has 0 aromatic heterocycles. The smallest absolute Gasteiger partial charge is 0.161 e. The largest absolute Gasteiger partial charge is 0.393 e. The Balaban J connectivity index is 2.44. The summed E-state index contributed by atoms with van der Waals surface area (Å²) in [6.45, 7) is 8.17. The second-order valence-corrected chi connectivity index (χ2v) is 10.8. The van der Waals surface area contributed by atoms with Gasteiger partial charge in [0.15, 0.2) is 9.84 Å². The first kappa shape index (κ1) is 20.7. The molecule has 2 rings (SSSR count). The maximum atomic E-state index is 13.8. The van der Waals surface area contributed by atoms with Gasteiger partial charge in [0.2, 0.25) is 0 Å². The summed E-state index contributed by atoms with van der Waals surface area (Å²) >= 11 is 0. The molecule has 4 heteroatoms. The van der Waals surface area contributed by atoms with Gasteiger partial charge in [0, 0.05) is 5.41 Å². The number of hydrogen-bond acceptors (Lipinski definition) is 3. The number of hydrogen-bond donors (Lipinski definition) is 1. The van der Waals surface area contributed by atoms with Crippen molar-refractivity contribution in [3.8, 4) is 0 Å². The van der Waals surface area contributed by atoms with Crippen molar-refractivity contribution in [1.82, 2.24) is 0 Å². The number of rotatable bonds is 7. The molecule has 0 amide bonds. The van der Waals surface area contributed by atoms with Crippen LogP contribution in [0.3, 0.4) is 0 Å². The fraction of sp³-hybridized carbons (Fsp3) is 0.810. The zero-order valence-corrected chi connectivity index (χ0v) is 17.2. The van der Waals surface area contributed by atoms with Crippen molar-refractivity contribution in [3.63, 3.8) is 0 Å². The van der Waals surface area contributed by atoms with Crippen LogP contribution in [0.1, 0.15) is 79.1 Å². The van der Waals surface area contributed by atoms with E-state index in [0.29, 0.717) is 12.8 Å². The highest BCUT2D eigenvalue weighted by molar-refractivity contribution is 7.93. The van der Waals surface area contributed by atoms with Gasteiger partial charge in [-0.15, -0.1) is 0 Å². The second-order valence-electron chi connectivity index (χ2n) is 8.55. The van der Waals surface area contributed by atoms with Crippen LogP contribution in [0.15, 0.2) is 23.8 Å². The molecular formula is C21H36O3S. The summed E-state index contributed by atoms with van der Waals surface area (Å²) < 4.78 is 26.7. The van der Waals surface area contributed by atoms with Gasteiger partial charge in [0.05, 0.1) is 11.9 Å². The average Bonchev–Trinajstić information content (AvgIpc) is 2.53. The first-order chi connectivity index (χ1) is 11.7. The van der Waals surface area contributed by atoms with E-state index in [1.54, 1.807) is 0 Å². The van der Waals surface area contributed by atoms with Crippen LogP contribution in [0.5, 0.6) is 0 Å². The molecule has 0 bridgehead atoms. The van der Waals surface area contributed by atoms with E-state index in [0.717, 1.165) is 37.7 Å². The maximum absolute atomic E-state index is 13.8. The molecule has 0 aromatic carbocycles. The number of allylic oxidation sites excluding steroid dienone is 3. The molecule has 2 atom stereocenters.